The van der Waals surface area contributed by atoms with E-state index in [0.717, 1.165) is 5.69 Å². The van der Waals surface area contributed by atoms with E-state index in [0.29, 0.717) is 19.3 Å². The van der Waals surface area contributed by atoms with E-state index in [1.54, 1.807) is 36.6 Å². The summed E-state index contributed by atoms with van der Waals surface area (Å²) in [5.41, 5.74) is 2.57. The molecule has 0 unspecified atom stereocenters. The predicted molar refractivity (Wildman–Crippen MR) is 67.1 cm³/mol. The molecule has 2 N–H and O–H groups in total. The molecule has 3 saturated carbocycles. The van der Waals surface area contributed by atoms with Crippen molar-refractivity contribution in [2.45, 2.75) is 19.3 Å². The number of pyridine rings is 1. The number of aromatic nitrogens is 1. The first-order valence-electron chi connectivity index (χ1n) is 6.16. The molecule has 6 heteroatoms. The molecule has 1 aromatic rings. The molecule has 1 heterocycles. The van der Waals surface area contributed by atoms with Gasteiger partial charge in [-0.15, -0.1) is 0 Å². The minimum absolute atomic E-state index is 0.0880. The van der Waals surface area contributed by atoms with Gasteiger partial charge in [0.2, 0.25) is 5.91 Å². The lowest BCUT2D eigenvalue weighted by molar-refractivity contribution is -0.220. The van der Waals surface area contributed by atoms with E-state index < -0.39 is 16.8 Å². The number of rotatable bonds is 4. The average Bonchev–Trinajstić information content (AvgIpc) is 2.25. The van der Waals surface area contributed by atoms with Crippen LogP contribution < -0.4 is 10.4 Å². The number of carboxylic acid groups (broad SMARTS) is 1. The van der Waals surface area contributed by atoms with E-state index >= 15 is 0 Å². The number of carbonyl (C=O) groups is 2. The van der Waals surface area contributed by atoms with Crippen molar-refractivity contribution in [3.05, 3.63) is 24.5 Å². The fourth-order valence-electron chi connectivity index (χ4n) is 3.16. The van der Waals surface area contributed by atoms with Gasteiger partial charge in [-0.2, -0.15) is 0 Å². The summed E-state index contributed by atoms with van der Waals surface area (Å²) in [5.74, 6) is -0.861. The Bertz CT molecular complexity index is 524. The SMILES string of the molecule is CN(NC(=O)C12CC(C(=O)O)(C1)C2)c1ccncc1. The third kappa shape index (κ3) is 1.59. The van der Waals surface area contributed by atoms with Crippen LogP contribution in [-0.2, 0) is 9.59 Å². The molecule has 4 rings (SSSR count). The van der Waals surface area contributed by atoms with E-state index in [1.807, 2.05) is 0 Å². The molecular formula is C13H15N3O3. The van der Waals surface area contributed by atoms with Crippen molar-refractivity contribution >= 4 is 17.6 Å². The van der Waals surface area contributed by atoms with E-state index in [1.165, 1.54) is 0 Å². The van der Waals surface area contributed by atoms with Crippen LogP contribution in [0.25, 0.3) is 0 Å². The fourth-order valence-corrected chi connectivity index (χ4v) is 3.16. The summed E-state index contributed by atoms with van der Waals surface area (Å²) in [6.45, 7) is 0. The largest absolute Gasteiger partial charge is 0.481 e. The predicted octanol–water partition coefficient (Wildman–Crippen LogP) is 0.804. The highest BCUT2D eigenvalue weighted by Crippen LogP contribution is 2.73. The Hall–Kier alpha value is -2.11. The molecule has 0 saturated heterocycles. The maximum atomic E-state index is 12.2. The van der Waals surface area contributed by atoms with Crippen molar-refractivity contribution in [3.63, 3.8) is 0 Å². The summed E-state index contributed by atoms with van der Waals surface area (Å²) in [7, 11) is 1.76. The highest BCUT2D eigenvalue weighted by Gasteiger charge is 2.75. The van der Waals surface area contributed by atoms with Crippen molar-refractivity contribution in [1.82, 2.24) is 10.4 Å². The maximum Gasteiger partial charge on any atom is 0.309 e. The molecule has 0 aromatic carbocycles. The van der Waals surface area contributed by atoms with E-state index in [-0.39, 0.29) is 5.91 Å². The van der Waals surface area contributed by atoms with Crippen molar-refractivity contribution < 1.29 is 14.7 Å². The number of hydrazine groups is 1. The normalized spacial score (nSPS) is 30.8. The monoisotopic (exact) mass is 261 g/mol. The second-order valence-electron chi connectivity index (χ2n) is 5.60. The number of carbonyl (C=O) groups excluding carboxylic acids is 1. The molecule has 0 atom stereocenters. The lowest BCUT2D eigenvalue weighted by atomic mass is 9.35. The Balaban J connectivity index is 1.61. The molecule has 100 valence electrons. The Morgan fingerprint density at radius 2 is 1.84 bits per heavy atom. The van der Waals surface area contributed by atoms with Gasteiger partial charge < -0.3 is 5.11 Å². The van der Waals surface area contributed by atoms with Gasteiger partial charge in [0.05, 0.1) is 16.5 Å². The van der Waals surface area contributed by atoms with Gasteiger partial charge in [0.15, 0.2) is 0 Å². The molecule has 2 bridgehead atoms. The van der Waals surface area contributed by atoms with Crippen molar-refractivity contribution in [2.24, 2.45) is 10.8 Å². The molecule has 1 aromatic heterocycles. The van der Waals surface area contributed by atoms with Crippen LogP contribution >= 0.6 is 0 Å². The van der Waals surface area contributed by atoms with E-state index in [9.17, 15) is 9.59 Å². The van der Waals surface area contributed by atoms with E-state index in [4.69, 9.17) is 5.11 Å². The van der Waals surface area contributed by atoms with Crippen LogP contribution in [0.3, 0.4) is 0 Å². The maximum absolute atomic E-state index is 12.2. The topological polar surface area (TPSA) is 82.5 Å². The van der Waals surface area contributed by atoms with Crippen LogP contribution in [0.15, 0.2) is 24.5 Å². The Morgan fingerprint density at radius 1 is 1.26 bits per heavy atom. The molecule has 0 spiro atoms. The fraction of sp³-hybridized carbons (Fsp3) is 0.462. The molecule has 1 amide bonds. The van der Waals surface area contributed by atoms with Crippen LogP contribution in [-0.4, -0.2) is 29.0 Å². The summed E-state index contributed by atoms with van der Waals surface area (Å²) < 4.78 is 0. The quantitative estimate of drug-likeness (QED) is 0.783. The lowest BCUT2D eigenvalue weighted by Crippen LogP contribution is -2.71. The van der Waals surface area contributed by atoms with Crippen LogP contribution in [0.1, 0.15) is 19.3 Å². The van der Waals surface area contributed by atoms with Gasteiger partial charge in [0.25, 0.3) is 0 Å². The number of nitrogens with one attached hydrogen (secondary N) is 1. The van der Waals surface area contributed by atoms with Crippen molar-refractivity contribution in [2.75, 3.05) is 12.1 Å². The third-order valence-corrected chi connectivity index (χ3v) is 4.28. The molecule has 3 aliphatic carbocycles. The zero-order valence-electron chi connectivity index (χ0n) is 10.6. The zero-order valence-corrected chi connectivity index (χ0v) is 10.6. The smallest absolute Gasteiger partial charge is 0.309 e. The number of hydrogen-bond acceptors (Lipinski definition) is 4. The molecule has 6 nitrogen and oxygen atoms in total. The molecule has 19 heavy (non-hydrogen) atoms. The highest BCUT2D eigenvalue weighted by atomic mass is 16.4. The summed E-state index contributed by atoms with van der Waals surface area (Å²) in [4.78, 5) is 27.1. The summed E-state index contributed by atoms with van der Waals surface area (Å²) in [6.07, 6.45) is 4.69. The van der Waals surface area contributed by atoms with Crippen LogP contribution in [0.5, 0.6) is 0 Å². The Labute approximate surface area is 110 Å². The van der Waals surface area contributed by atoms with Gasteiger partial charge in [-0.25, -0.2) is 0 Å². The molecule has 3 fully saturated rings. The molecular weight excluding hydrogens is 246 g/mol. The van der Waals surface area contributed by atoms with Gasteiger partial charge in [-0.3, -0.25) is 25.0 Å². The second-order valence-corrected chi connectivity index (χ2v) is 5.60. The minimum Gasteiger partial charge on any atom is -0.481 e. The van der Waals surface area contributed by atoms with Crippen molar-refractivity contribution in [1.29, 1.82) is 0 Å². The third-order valence-electron chi connectivity index (χ3n) is 4.28. The summed E-state index contributed by atoms with van der Waals surface area (Å²) in [5, 5.41) is 10.7. The van der Waals surface area contributed by atoms with Gasteiger partial charge in [-0.05, 0) is 31.4 Å². The number of hydrogen-bond donors (Lipinski definition) is 2. The van der Waals surface area contributed by atoms with Gasteiger partial charge >= 0.3 is 5.97 Å². The average molecular weight is 261 g/mol. The molecule has 0 radical (unpaired) electrons. The van der Waals surface area contributed by atoms with Gasteiger partial charge in [-0.1, -0.05) is 0 Å². The first-order chi connectivity index (χ1) is 8.97. The summed E-state index contributed by atoms with van der Waals surface area (Å²) >= 11 is 0. The Kier molecular flexibility index (Phi) is 2.32. The van der Waals surface area contributed by atoms with Crippen molar-refractivity contribution in [3.8, 4) is 0 Å². The first kappa shape index (κ1) is 12.0. The summed E-state index contributed by atoms with van der Waals surface area (Å²) in [6, 6.07) is 3.59. The number of aliphatic carboxylic acids is 1. The first-order valence-corrected chi connectivity index (χ1v) is 6.16. The standard InChI is InChI=1S/C13H15N3O3/c1-16(9-2-4-14-5-3-9)15-10(17)12-6-13(7-12,8-12)11(18)19/h2-5H,6-8H2,1H3,(H,15,17)(H,18,19). The lowest BCUT2D eigenvalue weighted by Gasteiger charge is -2.66. The number of anilines is 1. The van der Waals surface area contributed by atoms with Crippen LogP contribution in [0, 0.1) is 10.8 Å². The van der Waals surface area contributed by atoms with Crippen LogP contribution in [0.2, 0.25) is 0 Å². The number of carboxylic acids is 1. The zero-order chi connectivity index (χ0) is 13.7. The number of amides is 1. The highest BCUT2D eigenvalue weighted by molar-refractivity contribution is 5.93. The second kappa shape index (κ2) is 3.69. The number of nitrogens with zero attached hydrogens (tertiary/aromatic N) is 2. The minimum atomic E-state index is -0.773. The molecule has 3 aliphatic rings. The molecule has 0 aliphatic heterocycles. The Morgan fingerprint density at radius 3 is 2.37 bits per heavy atom. The van der Waals surface area contributed by atoms with E-state index in [2.05, 4.69) is 10.4 Å². The van der Waals surface area contributed by atoms with Gasteiger partial charge in [0.1, 0.15) is 0 Å². The van der Waals surface area contributed by atoms with Gasteiger partial charge in [0, 0.05) is 19.4 Å². The van der Waals surface area contributed by atoms with Crippen LogP contribution in [0.4, 0.5) is 5.69 Å².